The van der Waals surface area contributed by atoms with E-state index in [0.29, 0.717) is 61.5 Å². The van der Waals surface area contributed by atoms with E-state index in [-0.39, 0.29) is 34.4 Å². The smallest absolute Gasteiger partial charge is 0.149 e. The number of aromatic hydroxyl groups is 1. The van der Waals surface area contributed by atoms with Gasteiger partial charge >= 0.3 is 0 Å². The minimum atomic E-state index is -3.94. The third kappa shape index (κ3) is 8.16. The number of fused-ring (bicyclic) bond motifs is 1. The Bertz CT molecular complexity index is 3690. The fourth-order valence-corrected chi connectivity index (χ4v) is 7.52. The third-order valence-electron chi connectivity index (χ3n) is 10.9. The molecular formula is C57H59N3O. The van der Waals surface area contributed by atoms with Crippen molar-refractivity contribution in [3.8, 4) is 67.5 Å². The monoisotopic (exact) mass is 821 g/mol. The molecule has 8 aromatic rings. The Hall–Kier alpha value is -6.26. The summed E-state index contributed by atoms with van der Waals surface area (Å²) in [6.07, 6.45) is -0.759. The quantitative estimate of drug-likeness (QED) is 0.166. The first kappa shape index (κ1) is 24.3. The Morgan fingerprint density at radius 2 is 1.39 bits per heavy atom. The van der Waals surface area contributed by atoms with Gasteiger partial charge in [-0.2, -0.15) is 0 Å². The summed E-state index contributed by atoms with van der Waals surface area (Å²) in [5.74, 6) is 0.281. The molecular weight excluding hydrogens is 743 g/mol. The summed E-state index contributed by atoms with van der Waals surface area (Å²) in [6, 6.07) is 22.6. The van der Waals surface area contributed by atoms with Gasteiger partial charge in [0, 0.05) is 39.3 Å². The van der Waals surface area contributed by atoms with E-state index in [9.17, 15) is 6.48 Å². The number of hydrogen-bond acceptors (Lipinski definition) is 3. The first-order valence-corrected chi connectivity index (χ1v) is 20.2. The topological polar surface area (TPSA) is 50.9 Å². The van der Waals surface area contributed by atoms with Gasteiger partial charge in [0.05, 0.1) is 37.6 Å². The molecule has 0 bridgehead atoms. The van der Waals surface area contributed by atoms with Crippen LogP contribution in [-0.4, -0.2) is 19.6 Å². The van der Waals surface area contributed by atoms with Gasteiger partial charge in [0.1, 0.15) is 11.6 Å². The number of phenolic OH excluding ortho intramolecular Hbond substituents is 1. The maximum absolute atomic E-state index is 12.3. The molecule has 61 heavy (non-hydrogen) atoms. The molecule has 0 aliphatic rings. The van der Waals surface area contributed by atoms with Crippen LogP contribution in [0.5, 0.6) is 5.75 Å². The molecule has 0 aliphatic carbocycles. The highest BCUT2D eigenvalue weighted by Gasteiger charge is 2.26. The zero-order chi connectivity index (χ0) is 59.5. The van der Waals surface area contributed by atoms with Gasteiger partial charge < -0.3 is 5.11 Å². The average Bonchev–Trinajstić information content (AvgIpc) is 3.74. The standard InChI is InChI=1S/C57H59N3O/c1-35(2)41-32-47(36(3)4)54(61)49(33-41)55-59-53-46(18-15-19-52(53)60(55)51-25-20-37(5)28-48(51)39-16-13-12-14-17-39)42-29-43(31-45(30-42)57(9,10)11)50-34-40(26-27-58-50)38-21-23-44(24-22-38)56(6,7)8/h12-36,61H,1-11H3/i5D3,6D3,7D3,8D3,21D,22D,23D,24D,26D,27D,34D. The number of rotatable bonds is 8. The van der Waals surface area contributed by atoms with Gasteiger partial charge in [-0.1, -0.05) is 159 Å². The molecule has 0 amide bonds. The van der Waals surface area contributed by atoms with Crippen molar-refractivity contribution in [1.82, 2.24) is 14.5 Å². The number of phenols is 1. The van der Waals surface area contributed by atoms with Crippen LogP contribution in [0.2, 0.25) is 0 Å². The summed E-state index contributed by atoms with van der Waals surface area (Å²) in [6.45, 7) is -0.375. The maximum Gasteiger partial charge on any atom is 0.149 e. The minimum absolute atomic E-state index is 0.0105. The minimum Gasteiger partial charge on any atom is -0.507 e. The number of nitrogens with zero attached hydrogens (tertiary/aromatic N) is 3. The molecule has 0 fully saturated rings. The van der Waals surface area contributed by atoms with Crippen LogP contribution >= 0.6 is 0 Å². The largest absolute Gasteiger partial charge is 0.507 e. The highest BCUT2D eigenvalue weighted by atomic mass is 16.3. The van der Waals surface area contributed by atoms with Crippen LogP contribution in [0.15, 0.2) is 139 Å². The zero-order valence-electron chi connectivity index (χ0n) is 54.2. The molecule has 0 radical (unpaired) electrons. The van der Waals surface area contributed by atoms with E-state index in [0.717, 1.165) is 5.56 Å². The van der Waals surface area contributed by atoms with Crippen molar-refractivity contribution in [2.75, 3.05) is 0 Å². The fourth-order valence-electron chi connectivity index (χ4n) is 7.52. The molecule has 0 saturated carbocycles. The van der Waals surface area contributed by atoms with Crippen molar-refractivity contribution in [3.05, 3.63) is 167 Å². The average molecular weight is 821 g/mol. The Labute approximate surface area is 389 Å². The number of pyridine rings is 1. The van der Waals surface area contributed by atoms with E-state index in [1.807, 2.05) is 120 Å². The van der Waals surface area contributed by atoms with Crippen LogP contribution in [0.3, 0.4) is 0 Å². The second-order valence-corrected chi connectivity index (χ2v) is 17.1. The molecule has 4 heteroatoms. The van der Waals surface area contributed by atoms with E-state index >= 15 is 0 Å². The van der Waals surface area contributed by atoms with Crippen LogP contribution in [0, 0.1) is 6.85 Å². The second-order valence-electron chi connectivity index (χ2n) is 17.1. The summed E-state index contributed by atoms with van der Waals surface area (Å²) < 4.78 is 165. The maximum atomic E-state index is 12.3. The molecule has 0 aliphatic heterocycles. The van der Waals surface area contributed by atoms with Crippen molar-refractivity contribution in [2.45, 2.75) is 98.5 Å². The highest BCUT2D eigenvalue weighted by Crippen LogP contribution is 2.44. The third-order valence-corrected chi connectivity index (χ3v) is 10.9. The van der Waals surface area contributed by atoms with Crippen molar-refractivity contribution in [1.29, 1.82) is 0 Å². The van der Waals surface area contributed by atoms with Gasteiger partial charge in [-0.15, -0.1) is 0 Å². The van der Waals surface area contributed by atoms with Gasteiger partial charge in [0.25, 0.3) is 0 Å². The van der Waals surface area contributed by atoms with Gasteiger partial charge in [-0.25, -0.2) is 4.98 Å². The molecule has 2 aromatic heterocycles. The van der Waals surface area contributed by atoms with Gasteiger partial charge in [-0.3, -0.25) is 9.55 Å². The van der Waals surface area contributed by atoms with Crippen LogP contribution < -0.4 is 0 Å². The lowest BCUT2D eigenvalue weighted by Crippen LogP contribution is -2.11. The summed E-state index contributed by atoms with van der Waals surface area (Å²) in [5.41, 5.74) is -0.672. The van der Waals surface area contributed by atoms with Gasteiger partial charge in [0.2, 0.25) is 0 Å². The normalized spacial score (nSPS) is 17.6. The van der Waals surface area contributed by atoms with Crippen LogP contribution in [0.4, 0.5) is 0 Å². The molecule has 4 nitrogen and oxygen atoms in total. The molecule has 0 spiro atoms. The number of para-hydroxylation sites is 1. The van der Waals surface area contributed by atoms with Crippen LogP contribution in [0.25, 0.3) is 72.7 Å². The summed E-state index contributed by atoms with van der Waals surface area (Å²) in [4.78, 5) is 9.79. The van der Waals surface area contributed by atoms with E-state index in [4.69, 9.17) is 29.7 Å². The number of aryl methyl sites for hydroxylation is 1. The summed E-state index contributed by atoms with van der Waals surface area (Å²) in [5, 5.41) is 12.3. The molecule has 0 unspecified atom stereocenters. The van der Waals surface area contributed by atoms with Crippen molar-refractivity contribution < 1.29 is 31.2 Å². The Kier molecular flexibility index (Phi) is 6.35. The molecule has 0 atom stereocenters. The predicted molar refractivity (Wildman–Crippen MR) is 258 cm³/mol. The summed E-state index contributed by atoms with van der Waals surface area (Å²) in [7, 11) is 0. The Balaban J connectivity index is 1.46. The van der Waals surface area contributed by atoms with E-state index in [1.165, 1.54) is 0 Å². The molecule has 0 saturated heterocycles. The molecule has 308 valence electrons. The molecule has 8 rings (SSSR count). The highest BCUT2D eigenvalue weighted by molar-refractivity contribution is 5.98. The Morgan fingerprint density at radius 1 is 0.639 bits per heavy atom. The lowest BCUT2D eigenvalue weighted by atomic mass is 9.83. The second kappa shape index (κ2) is 16.0. The van der Waals surface area contributed by atoms with E-state index in [2.05, 4.69) is 4.98 Å². The molecule has 6 aromatic carbocycles. The number of benzene rings is 6. The fraction of sp³-hybridized carbons (Fsp3) is 0.263. The van der Waals surface area contributed by atoms with Crippen LogP contribution in [-0.2, 0) is 10.8 Å². The van der Waals surface area contributed by atoms with Gasteiger partial charge in [0.15, 0.2) is 0 Å². The van der Waals surface area contributed by atoms with Crippen molar-refractivity contribution in [2.24, 2.45) is 0 Å². The lowest BCUT2D eigenvalue weighted by Gasteiger charge is -2.22. The first-order valence-electron chi connectivity index (χ1n) is 29.7. The zero-order valence-corrected chi connectivity index (χ0v) is 35.2. The predicted octanol–water partition coefficient (Wildman–Crippen LogP) is 15.6. The van der Waals surface area contributed by atoms with Crippen molar-refractivity contribution in [3.63, 3.8) is 0 Å². The Morgan fingerprint density at radius 3 is 2.08 bits per heavy atom. The molecule has 2 heterocycles. The van der Waals surface area contributed by atoms with Crippen molar-refractivity contribution >= 4 is 11.0 Å². The van der Waals surface area contributed by atoms with Gasteiger partial charge in [-0.05, 0) is 123 Å². The van der Waals surface area contributed by atoms with E-state index < -0.39 is 97.4 Å². The number of imidazole rings is 1. The van der Waals surface area contributed by atoms with Crippen LogP contribution in [0.1, 0.15) is 135 Å². The number of hydrogen-bond donors (Lipinski definition) is 1. The lowest BCUT2D eigenvalue weighted by molar-refractivity contribution is 0.466. The number of aromatic nitrogens is 3. The molecule has 1 N–H and O–H groups in total. The van der Waals surface area contributed by atoms with E-state index in [1.54, 1.807) is 30.3 Å². The first-order chi connectivity index (χ1) is 36.9. The summed E-state index contributed by atoms with van der Waals surface area (Å²) >= 11 is 0. The SMILES string of the molecule is [2H]c1nc(-c2cc(-c3cccc4c3nc(-c3cc(C(C)C)cc(C(C)C)c3O)n4-c3ccc(C([2H])([2H])[2H])cc3-c3ccccc3)cc(C(C)(C)C)c2)c([2H])c(-c2c([2H])c([2H])c(C(C([2H])([2H])[2H])(C([2H])([2H])[2H])C([2H])([2H])[2H])c([2H])c2[2H])c1[2H].